The summed E-state index contributed by atoms with van der Waals surface area (Å²) in [6, 6.07) is 0. The number of nitrogens with zero attached hydrogens (tertiary/aromatic N) is 2. The van der Waals surface area contributed by atoms with Crippen molar-refractivity contribution in [1.29, 1.82) is 0 Å². The highest BCUT2D eigenvalue weighted by molar-refractivity contribution is 5.82. The molecule has 2 rings (SSSR count). The van der Waals surface area contributed by atoms with E-state index in [1.165, 1.54) is 0 Å². The first-order chi connectivity index (χ1) is 9.91. The average Bonchev–Trinajstić information content (AvgIpc) is 2.86. The minimum absolute atomic E-state index is 0.0587. The molecule has 21 heavy (non-hydrogen) atoms. The number of aryl methyl sites for hydroxylation is 1. The van der Waals surface area contributed by atoms with E-state index in [9.17, 15) is 18.0 Å². The largest absolute Gasteiger partial charge is 0.391 e. The summed E-state index contributed by atoms with van der Waals surface area (Å²) in [6.45, 7) is 2.80. The van der Waals surface area contributed by atoms with E-state index in [1.54, 1.807) is 6.20 Å². The van der Waals surface area contributed by atoms with Gasteiger partial charge in [0.2, 0.25) is 0 Å². The summed E-state index contributed by atoms with van der Waals surface area (Å²) in [5, 5.41) is 0. The van der Waals surface area contributed by atoms with Crippen LogP contribution in [0.15, 0.2) is 12.4 Å². The van der Waals surface area contributed by atoms with Gasteiger partial charge in [0.25, 0.3) is 0 Å². The third-order valence-electron chi connectivity index (χ3n) is 4.19. The number of halogens is 3. The van der Waals surface area contributed by atoms with Crippen LogP contribution >= 0.6 is 0 Å². The van der Waals surface area contributed by atoms with Crippen LogP contribution in [0.25, 0.3) is 0 Å². The minimum atomic E-state index is -4.18. The van der Waals surface area contributed by atoms with E-state index in [4.69, 9.17) is 0 Å². The first-order valence-corrected chi connectivity index (χ1v) is 7.51. The maximum absolute atomic E-state index is 12.8. The topological polar surface area (TPSA) is 34.9 Å². The fourth-order valence-corrected chi connectivity index (χ4v) is 3.03. The molecular weight excluding hydrogens is 281 g/mol. The van der Waals surface area contributed by atoms with Gasteiger partial charge in [-0.25, -0.2) is 4.98 Å². The SMILES string of the molecule is CCCn1ccnc1CC(=O)C1CCCC(C(F)(F)F)C1. The molecule has 118 valence electrons. The second-order valence-electron chi connectivity index (χ2n) is 5.78. The lowest BCUT2D eigenvalue weighted by molar-refractivity contribution is -0.186. The molecule has 0 bridgehead atoms. The Labute approximate surface area is 122 Å². The number of rotatable bonds is 5. The van der Waals surface area contributed by atoms with E-state index in [0.29, 0.717) is 18.7 Å². The molecule has 2 atom stereocenters. The highest BCUT2D eigenvalue weighted by Gasteiger charge is 2.43. The van der Waals surface area contributed by atoms with Crippen molar-refractivity contribution in [2.24, 2.45) is 11.8 Å². The zero-order chi connectivity index (χ0) is 15.5. The van der Waals surface area contributed by atoms with Crippen molar-refractivity contribution in [3.63, 3.8) is 0 Å². The third-order valence-corrected chi connectivity index (χ3v) is 4.19. The highest BCUT2D eigenvalue weighted by atomic mass is 19.4. The van der Waals surface area contributed by atoms with Crippen molar-refractivity contribution in [3.05, 3.63) is 18.2 Å². The summed E-state index contributed by atoms with van der Waals surface area (Å²) in [5.74, 6) is -1.24. The van der Waals surface area contributed by atoms with Gasteiger partial charge in [-0.1, -0.05) is 13.3 Å². The van der Waals surface area contributed by atoms with Crippen LogP contribution in [0.2, 0.25) is 0 Å². The number of Topliss-reactive ketones (excluding diaryl/α,β-unsaturated/α-hetero) is 1. The number of carbonyl (C=O) groups is 1. The van der Waals surface area contributed by atoms with Gasteiger partial charge in [0.1, 0.15) is 11.6 Å². The monoisotopic (exact) mass is 302 g/mol. The third kappa shape index (κ3) is 4.08. The molecule has 1 heterocycles. The van der Waals surface area contributed by atoms with Crippen molar-refractivity contribution in [3.8, 4) is 0 Å². The molecule has 2 unspecified atom stereocenters. The highest BCUT2D eigenvalue weighted by Crippen LogP contribution is 2.40. The first-order valence-electron chi connectivity index (χ1n) is 7.51. The van der Waals surface area contributed by atoms with Gasteiger partial charge in [-0.15, -0.1) is 0 Å². The van der Waals surface area contributed by atoms with Gasteiger partial charge in [0.05, 0.1) is 12.3 Å². The van der Waals surface area contributed by atoms with Crippen molar-refractivity contribution >= 4 is 5.78 Å². The fraction of sp³-hybridized carbons (Fsp3) is 0.733. The number of hydrogen-bond acceptors (Lipinski definition) is 2. The Morgan fingerprint density at radius 3 is 2.86 bits per heavy atom. The quantitative estimate of drug-likeness (QED) is 0.830. The van der Waals surface area contributed by atoms with Gasteiger partial charge in [-0.05, 0) is 25.7 Å². The predicted molar refractivity (Wildman–Crippen MR) is 72.7 cm³/mol. The van der Waals surface area contributed by atoms with Crippen molar-refractivity contribution in [1.82, 2.24) is 9.55 Å². The van der Waals surface area contributed by atoms with E-state index in [-0.39, 0.29) is 25.0 Å². The maximum atomic E-state index is 12.8. The fourth-order valence-electron chi connectivity index (χ4n) is 3.03. The molecule has 1 fully saturated rings. The number of carbonyl (C=O) groups excluding carboxylic acids is 1. The number of aromatic nitrogens is 2. The molecule has 0 aromatic carbocycles. The first kappa shape index (κ1) is 16.0. The van der Waals surface area contributed by atoms with Gasteiger partial charge in [0, 0.05) is 24.9 Å². The van der Waals surface area contributed by atoms with Gasteiger partial charge in [-0.2, -0.15) is 13.2 Å². The lowest BCUT2D eigenvalue weighted by atomic mass is 9.78. The Balaban J connectivity index is 1.98. The van der Waals surface area contributed by atoms with Crippen LogP contribution in [0.4, 0.5) is 13.2 Å². The molecule has 1 aliphatic carbocycles. The van der Waals surface area contributed by atoms with Crippen LogP contribution in [0.3, 0.4) is 0 Å². The van der Waals surface area contributed by atoms with Crippen LogP contribution in [0.1, 0.15) is 44.9 Å². The van der Waals surface area contributed by atoms with Gasteiger partial charge in [-0.3, -0.25) is 4.79 Å². The molecular formula is C15H21F3N2O. The molecule has 0 amide bonds. The summed E-state index contributed by atoms with van der Waals surface area (Å²) in [4.78, 5) is 16.4. The van der Waals surface area contributed by atoms with Crippen LogP contribution in [0, 0.1) is 11.8 Å². The zero-order valence-electron chi connectivity index (χ0n) is 12.2. The summed E-state index contributed by atoms with van der Waals surface area (Å²) in [7, 11) is 0. The molecule has 0 N–H and O–H groups in total. The molecule has 1 aromatic rings. The van der Waals surface area contributed by atoms with Gasteiger partial charge < -0.3 is 4.57 Å². The second-order valence-corrected chi connectivity index (χ2v) is 5.78. The van der Waals surface area contributed by atoms with Crippen LogP contribution in [0.5, 0.6) is 0 Å². The molecule has 0 saturated heterocycles. The van der Waals surface area contributed by atoms with Crippen molar-refractivity contribution < 1.29 is 18.0 Å². The summed E-state index contributed by atoms with van der Waals surface area (Å²) in [6.07, 6.45) is 1.47. The standard InChI is InChI=1S/C15H21F3N2O/c1-2-7-20-8-6-19-14(20)10-13(21)11-4-3-5-12(9-11)15(16,17)18/h6,8,11-12H,2-5,7,9-10H2,1H3. The van der Waals surface area contributed by atoms with Crippen LogP contribution in [-0.2, 0) is 17.8 Å². The van der Waals surface area contributed by atoms with E-state index in [2.05, 4.69) is 4.98 Å². The Kier molecular flexibility index (Phi) is 5.06. The molecule has 0 aliphatic heterocycles. The normalized spacial score (nSPS) is 23.2. The van der Waals surface area contributed by atoms with Crippen molar-refractivity contribution in [2.45, 2.75) is 58.2 Å². The smallest absolute Gasteiger partial charge is 0.335 e. The summed E-state index contributed by atoms with van der Waals surface area (Å²) in [5.41, 5.74) is 0. The molecule has 3 nitrogen and oxygen atoms in total. The number of alkyl halides is 3. The van der Waals surface area contributed by atoms with E-state index < -0.39 is 18.0 Å². The molecule has 1 aliphatic rings. The van der Waals surface area contributed by atoms with Crippen LogP contribution < -0.4 is 0 Å². The molecule has 1 saturated carbocycles. The van der Waals surface area contributed by atoms with Crippen LogP contribution in [-0.4, -0.2) is 21.5 Å². The Morgan fingerprint density at radius 1 is 1.43 bits per heavy atom. The summed E-state index contributed by atoms with van der Waals surface area (Å²) >= 11 is 0. The molecule has 0 spiro atoms. The average molecular weight is 302 g/mol. The second kappa shape index (κ2) is 6.62. The molecule has 1 aromatic heterocycles. The minimum Gasteiger partial charge on any atom is -0.335 e. The lowest BCUT2D eigenvalue weighted by Gasteiger charge is -2.29. The van der Waals surface area contributed by atoms with E-state index in [0.717, 1.165) is 13.0 Å². The van der Waals surface area contributed by atoms with Crippen molar-refractivity contribution in [2.75, 3.05) is 0 Å². The molecule has 6 heteroatoms. The maximum Gasteiger partial charge on any atom is 0.391 e. The lowest BCUT2D eigenvalue weighted by Crippen LogP contribution is -2.32. The molecule has 0 radical (unpaired) electrons. The van der Waals surface area contributed by atoms with E-state index in [1.807, 2.05) is 17.7 Å². The zero-order valence-corrected chi connectivity index (χ0v) is 12.2. The Hall–Kier alpha value is -1.33. The number of ketones is 1. The van der Waals surface area contributed by atoms with Gasteiger partial charge in [0.15, 0.2) is 0 Å². The predicted octanol–water partition coefficient (Wildman–Crippen LogP) is 3.77. The number of hydrogen-bond donors (Lipinski definition) is 0. The Bertz CT molecular complexity index is 482. The number of imidazole rings is 1. The Morgan fingerprint density at radius 2 is 2.19 bits per heavy atom. The van der Waals surface area contributed by atoms with E-state index >= 15 is 0 Å². The van der Waals surface area contributed by atoms with Gasteiger partial charge >= 0.3 is 6.18 Å². The summed E-state index contributed by atoms with van der Waals surface area (Å²) < 4.78 is 40.3.